The predicted octanol–water partition coefficient (Wildman–Crippen LogP) is -5.61. The molecule has 27 heteroatoms. The Balaban J connectivity index is 0.0000176. The fourth-order valence-corrected chi connectivity index (χ4v) is 10.4. The molecule has 0 saturated carbocycles. The van der Waals surface area contributed by atoms with E-state index in [2.05, 4.69) is 47.4 Å². The third-order valence-corrected chi connectivity index (χ3v) is 15.3. The van der Waals surface area contributed by atoms with Crippen LogP contribution in [0.5, 0.6) is 5.75 Å². The normalized spacial score (nSPS) is 27.6. The van der Waals surface area contributed by atoms with E-state index in [-0.39, 0.29) is 61.3 Å². The van der Waals surface area contributed by atoms with E-state index in [4.69, 9.17) is 10.5 Å². The highest BCUT2D eigenvalue weighted by molar-refractivity contribution is 5.98. The van der Waals surface area contributed by atoms with Crippen LogP contribution < -0.4 is 56.3 Å². The number of unbranched alkanes of at least 4 members (excludes halogenated alkanes) is 5. The Kier molecular flexibility index (Phi) is 29.3. The first-order valence-electron chi connectivity index (χ1n) is 28.4. The van der Waals surface area contributed by atoms with E-state index in [0.29, 0.717) is 29.2 Å². The first-order valence-corrected chi connectivity index (χ1v) is 28.4. The summed E-state index contributed by atoms with van der Waals surface area (Å²) in [5.41, 5.74) is 5.30. The number of nitrogens with zero attached hydrogens (tertiary/aromatic N) is 3. The second-order valence-corrected chi connectivity index (χ2v) is 23.4. The van der Waals surface area contributed by atoms with E-state index in [1.165, 1.54) is 18.6 Å². The molecule has 3 aliphatic rings. The minimum absolute atomic E-state index is 0. The summed E-state index contributed by atoms with van der Waals surface area (Å²) in [4.78, 5) is 115. The van der Waals surface area contributed by atoms with Gasteiger partial charge in [0.15, 0.2) is 6.23 Å². The van der Waals surface area contributed by atoms with E-state index in [1.807, 2.05) is 21.1 Å². The number of hydrogen-bond acceptors (Lipinski definition) is 17. The Hall–Kier alpha value is -4.85. The van der Waals surface area contributed by atoms with Crippen LogP contribution >= 0.6 is 0 Å². The van der Waals surface area contributed by atoms with Gasteiger partial charge in [-0.2, -0.15) is 0 Å². The number of aliphatic hydroxyl groups is 7. The van der Waals surface area contributed by atoms with Crippen molar-refractivity contribution in [2.45, 2.75) is 203 Å². The molecule has 4 rings (SSSR count). The third kappa shape index (κ3) is 21.6. The number of rotatable bonds is 24. The quantitative estimate of drug-likeness (QED) is 0.0261. The SMILES string of the molecule is CCC(C)CC(C)CCCCCCCCC(=O)N[C@@H]1C[C@H](O)[C@@H](OCC[N+](C)(C)C)NC(=O)C2[C@@H](O)CCN2C(=O)C([C@@H](O)CC(N)=O)NC(=O)C([C@H](O)[C@@H](O)c2ccc(O)cc2)NC(=O)C2C[C@@H](O)CN2C(=O)C([C@H](C)O)NC1=O.[I-]. The van der Waals surface area contributed by atoms with Crippen molar-refractivity contribution in [2.24, 2.45) is 17.6 Å². The number of halogens is 1. The van der Waals surface area contributed by atoms with E-state index in [9.17, 15) is 79.2 Å². The number of primary amides is 1. The molecule has 0 bridgehead atoms. The van der Waals surface area contributed by atoms with Crippen LogP contribution in [0.4, 0.5) is 0 Å². The maximum absolute atomic E-state index is 14.7. The van der Waals surface area contributed by atoms with Crippen LogP contribution in [0, 0.1) is 11.8 Å². The van der Waals surface area contributed by atoms with Gasteiger partial charge in [-0.05, 0) is 55.7 Å². The largest absolute Gasteiger partial charge is 1.00 e. The zero-order chi connectivity index (χ0) is 60.5. The van der Waals surface area contributed by atoms with Crippen LogP contribution in [-0.2, 0) is 43.1 Å². The molecule has 82 heavy (non-hydrogen) atoms. The summed E-state index contributed by atoms with van der Waals surface area (Å²) >= 11 is 0. The molecule has 3 aliphatic heterocycles. The molecule has 16 atom stereocenters. The van der Waals surface area contributed by atoms with Crippen LogP contribution in [0.15, 0.2) is 24.3 Å². The van der Waals surface area contributed by atoms with Gasteiger partial charge in [-0.15, -0.1) is 0 Å². The Morgan fingerprint density at radius 2 is 1.35 bits per heavy atom. The fraction of sp³-hybridized carbons (Fsp3) is 0.745. The van der Waals surface area contributed by atoms with Crippen molar-refractivity contribution in [3.8, 4) is 5.75 Å². The molecule has 3 saturated heterocycles. The smallest absolute Gasteiger partial charge is 0.248 e. The van der Waals surface area contributed by atoms with Crippen LogP contribution in [0.25, 0.3) is 0 Å². The molecule has 1 aromatic carbocycles. The number of benzene rings is 1. The Labute approximate surface area is 497 Å². The number of ether oxygens (including phenoxy) is 1. The van der Waals surface area contributed by atoms with Crippen molar-refractivity contribution in [2.75, 3.05) is 47.4 Å². The van der Waals surface area contributed by atoms with E-state index in [1.54, 1.807) is 0 Å². The molecular weight excluding hydrogens is 1190 g/mol. The first kappa shape index (κ1) is 71.4. The van der Waals surface area contributed by atoms with Gasteiger partial charge < -0.3 is 116 Å². The molecule has 466 valence electrons. The van der Waals surface area contributed by atoms with Crippen LogP contribution in [0.1, 0.15) is 129 Å². The van der Waals surface area contributed by atoms with Gasteiger partial charge in [-0.3, -0.25) is 38.4 Å². The highest BCUT2D eigenvalue weighted by Crippen LogP contribution is 2.27. The number of quaternary nitrogens is 1. The molecule has 3 heterocycles. The van der Waals surface area contributed by atoms with Crippen molar-refractivity contribution in [3.05, 3.63) is 29.8 Å². The number of aromatic hydroxyl groups is 1. The lowest BCUT2D eigenvalue weighted by Crippen LogP contribution is -3.00. The molecule has 8 amide bonds. The third-order valence-electron chi connectivity index (χ3n) is 15.3. The Morgan fingerprint density at radius 3 is 1.96 bits per heavy atom. The van der Waals surface area contributed by atoms with Gasteiger partial charge in [0.2, 0.25) is 47.3 Å². The molecule has 26 nitrogen and oxygen atoms in total. The predicted molar refractivity (Wildman–Crippen MR) is 292 cm³/mol. The molecule has 1 aromatic rings. The number of hydrogen-bond donors (Lipinski definition) is 14. The minimum atomic E-state index is -2.35. The average molecular weight is 1280 g/mol. The van der Waals surface area contributed by atoms with Gasteiger partial charge in [0.1, 0.15) is 66.9 Å². The number of likely N-dealkylation sites (N-methyl/N-ethyl adjacent to an activating group) is 1. The summed E-state index contributed by atoms with van der Waals surface area (Å²) in [5, 5.41) is 102. The first-order chi connectivity index (χ1) is 38.0. The van der Waals surface area contributed by atoms with Gasteiger partial charge in [-0.1, -0.05) is 77.8 Å². The second-order valence-electron chi connectivity index (χ2n) is 23.4. The molecule has 7 unspecified atom stereocenters. The van der Waals surface area contributed by atoms with Crippen LogP contribution in [0.3, 0.4) is 0 Å². The number of carbonyl (C=O) groups excluding carboxylic acids is 8. The highest BCUT2D eigenvalue weighted by atomic mass is 127. The summed E-state index contributed by atoms with van der Waals surface area (Å²) in [6.45, 7) is 7.03. The molecule has 0 spiro atoms. The molecular formula is C55H92IN9O17. The molecule has 0 aromatic heterocycles. The Morgan fingerprint density at radius 1 is 0.756 bits per heavy atom. The van der Waals surface area contributed by atoms with Crippen LogP contribution in [-0.4, -0.2) is 229 Å². The zero-order valence-electron chi connectivity index (χ0n) is 48.3. The number of fused-ring (bicyclic) bond motifs is 2. The van der Waals surface area contributed by atoms with Crippen LogP contribution in [0.2, 0.25) is 0 Å². The number of nitrogens with two attached hydrogens (primary N) is 1. The maximum Gasteiger partial charge on any atom is 0.248 e. The maximum atomic E-state index is 14.7. The van der Waals surface area contributed by atoms with E-state index in [0.717, 1.165) is 67.4 Å². The van der Waals surface area contributed by atoms with Gasteiger partial charge in [0, 0.05) is 32.4 Å². The van der Waals surface area contributed by atoms with Crippen molar-refractivity contribution in [1.29, 1.82) is 0 Å². The highest BCUT2D eigenvalue weighted by Gasteiger charge is 2.49. The average Bonchev–Trinajstić information content (AvgIpc) is 4.23. The number of nitrogens with one attached hydrogen (secondary N) is 5. The number of aliphatic hydroxyl groups excluding tert-OH is 7. The van der Waals surface area contributed by atoms with Gasteiger partial charge >= 0.3 is 0 Å². The van der Waals surface area contributed by atoms with E-state index < -0.39 is 165 Å². The fourth-order valence-electron chi connectivity index (χ4n) is 10.4. The lowest BCUT2D eigenvalue weighted by atomic mass is 9.91. The van der Waals surface area contributed by atoms with Gasteiger partial charge in [0.05, 0.1) is 58.6 Å². The summed E-state index contributed by atoms with van der Waals surface area (Å²) in [6, 6.07) is -7.13. The van der Waals surface area contributed by atoms with Crippen molar-refractivity contribution in [3.63, 3.8) is 0 Å². The van der Waals surface area contributed by atoms with E-state index >= 15 is 0 Å². The summed E-state index contributed by atoms with van der Waals surface area (Å²) in [5.74, 6) is -8.16. The zero-order valence-corrected chi connectivity index (χ0v) is 50.5. The number of amides is 8. The second kappa shape index (κ2) is 33.6. The number of phenols is 1. The topological polar surface area (TPSA) is 400 Å². The minimum Gasteiger partial charge on any atom is -1.00 e. The van der Waals surface area contributed by atoms with Crippen molar-refractivity contribution < 1.29 is 112 Å². The van der Waals surface area contributed by atoms with Gasteiger partial charge in [-0.25, -0.2) is 0 Å². The van der Waals surface area contributed by atoms with Crippen molar-refractivity contribution in [1.82, 2.24) is 36.4 Å². The lowest BCUT2D eigenvalue weighted by molar-refractivity contribution is -0.870. The molecule has 15 N–H and O–H groups in total. The van der Waals surface area contributed by atoms with Crippen molar-refractivity contribution >= 4 is 47.3 Å². The summed E-state index contributed by atoms with van der Waals surface area (Å²) in [7, 11) is 5.50. The Bertz CT molecular complexity index is 2260. The number of phenolic OH excluding ortho intramolecular Hbond substituents is 1. The molecule has 0 radical (unpaired) electrons. The lowest BCUT2D eigenvalue weighted by Gasteiger charge is -2.35. The summed E-state index contributed by atoms with van der Waals surface area (Å²) < 4.78 is 6.37. The van der Waals surface area contributed by atoms with Gasteiger partial charge in [0.25, 0.3) is 0 Å². The molecule has 0 aliphatic carbocycles. The monoisotopic (exact) mass is 1280 g/mol. The number of carbonyl (C=O) groups is 8. The summed E-state index contributed by atoms with van der Waals surface area (Å²) in [6.07, 6.45) is -8.99. The molecule has 3 fully saturated rings. The standard InChI is InChI=1S/C55H91N9O17.HI/c1-8-30(2)25-31(3)15-13-11-9-10-12-14-16-42(72)57-36-27-40(70)53(81-24-23-64(5,6)7)61-52(78)46-38(68)21-22-62(46)55(80)44(39(69)28-41(56)71)59-51(77)45(48(74)47(73)33-17-19-34(66)20-18-33)60-50(76)37-26-35(67)29-63(37)54(79)43(32(4)65)58-49(36)75;/h17-20,30-32,35-40,43-48,53,65,67-70,73-74H,8-16,21-29H2,1-7H3,(H7-,56,57,58,59,60,61,66,71,72,75,76,77,78);1H/t30?,31?,32-,35+,36+,37?,38-,39-,40-,43?,44?,45?,46?,47-,48-,53+;/m0./s1.